The van der Waals surface area contributed by atoms with E-state index >= 15 is 0 Å². The van der Waals surface area contributed by atoms with Crippen LogP contribution in [0.3, 0.4) is 0 Å². The van der Waals surface area contributed by atoms with E-state index in [0.29, 0.717) is 22.8 Å². The molecule has 4 N–H and O–H groups in total. The second-order valence-electron chi connectivity index (χ2n) is 17.6. The van der Waals surface area contributed by atoms with Gasteiger partial charge in [0, 0.05) is 0 Å². The Morgan fingerprint density at radius 2 is 0.516 bits per heavy atom. The van der Waals surface area contributed by atoms with E-state index in [9.17, 15) is 20.4 Å². The third-order valence-electron chi connectivity index (χ3n) is 13.8. The number of aliphatic hydroxyl groups is 4. The van der Waals surface area contributed by atoms with Gasteiger partial charge in [-0.25, -0.2) is 18.7 Å². The minimum absolute atomic E-state index is 0.177. The van der Waals surface area contributed by atoms with Gasteiger partial charge in [0.2, 0.25) is 0 Å². The van der Waals surface area contributed by atoms with Crippen molar-refractivity contribution in [3.8, 4) is 22.7 Å². The second-order valence-corrected chi connectivity index (χ2v) is 17.6. The average Bonchev–Trinajstić information content (AvgIpc) is 4.17. The zero-order valence-corrected chi connectivity index (χ0v) is 33.8. The summed E-state index contributed by atoms with van der Waals surface area (Å²) in [4.78, 5) is 0. The highest BCUT2D eigenvalue weighted by Gasteiger charge is 2.69. The van der Waals surface area contributed by atoms with Gasteiger partial charge in [0.1, 0.15) is 22.8 Å². The molecule has 4 aliphatic rings. The largest absolute Gasteiger partial charge is 0.390 e. The van der Waals surface area contributed by atoms with Crippen molar-refractivity contribution in [2.75, 3.05) is 0 Å². The summed E-state index contributed by atoms with van der Waals surface area (Å²) in [5.41, 5.74) is 9.75. The van der Waals surface area contributed by atoms with E-state index in [-0.39, 0.29) is 48.1 Å². The maximum absolute atomic E-state index is 9.68. The summed E-state index contributed by atoms with van der Waals surface area (Å²) in [5.74, 6) is 0. The van der Waals surface area contributed by atoms with E-state index < -0.39 is 0 Å². The van der Waals surface area contributed by atoms with E-state index in [1.807, 2.05) is 0 Å². The van der Waals surface area contributed by atoms with Crippen LogP contribution in [0.15, 0.2) is 122 Å². The molecular formula is C46H44N12O4. The molecule has 0 spiro atoms. The minimum atomic E-state index is -0.228. The monoisotopic (exact) mass is 828 g/mol. The van der Waals surface area contributed by atoms with Crippen molar-refractivity contribution < 1.29 is 20.4 Å². The van der Waals surface area contributed by atoms with Gasteiger partial charge in [-0.1, -0.05) is 69.4 Å². The van der Waals surface area contributed by atoms with Crippen LogP contribution in [0.25, 0.3) is 22.7 Å². The second kappa shape index (κ2) is 14.4. The van der Waals surface area contributed by atoms with E-state index in [4.69, 9.17) is 0 Å². The Bertz CT molecular complexity index is 2450. The zero-order chi connectivity index (χ0) is 42.1. The summed E-state index contributed by atoms with van der Waals surface area (Å²) in [7, 11) is 0. The van der Waals surface area contributed by atoms with Gasteiger partial charge in [0.15, 0.2) is 0 Å². The molecule has 0 atom stereocenters. The molecule has 4 aromatic carbocycles. The molecule has 4 aromatic heterocycles. The highest BCUT2D eigenvalue weighted by molar-refractivity contribution is 5.53. The van der Waals surface area contributed by atoms with E-state index in [0.717, 1.165) is 61.3 Å². The van der Waals surface area contributed by atoms with Gasteiger partial charge in [0.05, 0.1) is 74.0 Å². The lowest BCUT2D eigenvalue weighted by Gasteiger charge is -2.71. The van der Waals surface area contributed by atoms with E-state index in [1.165, 1.54) is 22.3 Å². The fraction of sp³-hybridized carbons (Fsp3) is 0.304. The lowest BCUT2D eigenvalue weighted by Crippen LogP contribution is -2.67. The van der Waals surface area contributed by atoms with Crippen LogP contribution in [0.5, 0.6) is 0 Å². The number of nitrogens with zero attached hydrogens (tertiary/aromatic N) is 12. The molecule has 4 aliphatic carbocycles. The molecule has 0 radical (unpaired) electrons. The Labute approximate surface area is 355 Å². The maximum Gasteiger partial charge on any atom is 0.109 e. The van der Waals surface area contributed by atoms with Crippen LogP contribution >= 0.6 is 0 Å². The number of aliphatic hydroxyl groups excluding tert-OH is 4. The molecule has 4 fully saturated rings. The van der Waals surface area contributed by atoms with Crippen LogP contribution in [-0.4, -0.2) is 80.4 Å². The number of aromatic nitrogens is 12. The molecule has 62 heavy (non-hydrogen) atoms. The summed E-state index contributed by atoms with van der Waals surface area (Å²) in [5, 5.41) is 72.3. The van der Waals surface area contributed by atoms with Crippen LogP contribution < -0.4 is 0 Å². The lowest BCUT2D eigenvalue weighted by molar-refractivity contribution is -0.0691. The minimum Gasteiger partial charge on any atom is -0.390 e. The Kier molecular flexibility index (Phi) is 8.90. The molecule has 16 nitrogen and oxygen atoms in total. The third kappa shape index (κ3) is 6.20. The van der Waals surface area contributed by atoms with Crippen molar-refractivity contribution >= 4 is 0 Å². The predicted octanol–water partition coefficient (Wildman–Crippen LogP) is 4.41. The van der Waals surface area contributed by atoms with Crippen LogP contribution in [0.4, 0.5) is 0 Å². The first kappa shape index (κ1) is 38.2. The molecule has 0 saturated heterocycles. The van der Waals surface area contributed by atoms with Crippen molar-refractivity contribution in [1.82, 2.24) is 60.0 Å². The van der Waals surface area contributed by atoms with Crippen LogP contribution in [0.2, 0.25) is 0 Å². The summed E-state index contributed by atoms with van der Waals surface area (Å²) in [6, 6.07) is 35.1. The van der Waals surface area contributed by atoms with Crippen molar-refractivity contribution in [3.05, 3.63) is 167 Å². The fourth-order valence-corrected chi connectivity index (χ4v) is 11.7. The molecular weight excluding hydrogens is 785 g/mol. The number of hydrogen-bond donors (Lipinski definition) is 4. The van der Waals surface area contributed by atoms with Crippen LogP contribution in [0, 0.1) is 0 Å². The summed E-state index contributed by atoms with van der Waals surface area (Å²) in [6.07, 6.45) is 12.8. The van der Waals surface area contributed by atoms with Gasteiger partial charge in [-0.15, -0.1) is 20.4 Å². The van der Waals surface area contributed by atoms with Crippen molar-refractivity contribution in [2.45, 2.75) is 86.6 Å². The molecule has 12 rings (SSSR count). The molecule has 4 saturated carbocycles. The highest BCUT2D eigenvalue weighted by Crippen LogP contribution is 2.74. The van der Waals surface area contributed by atoms with Gasteiger partial charge in [0.25, 0.3) is 0 Å². The first-order chi connectivity index (χ1) is 30.3. The molecule has 4 bridgehead atoms. The first-order valence-electron chi connectivity index (χ1n) is 20.8. The van der Waals surface area contributed by atoms with Crippen LogP contribution in [0.1, 0.15) is 83.6 Å². The Morgan fingerprint density at radius 3 is 0.677 bits per heavy atom. The third-order valence-corrected chi connectivity index (χ3v) is 13.8. The maximum atomic E-state index is 9.68. The van der Waals surface area contributed by atoms with Crippen molar-refractivity contribution in [1.29, 1.82) is 0 Å². The fourth-order valence-electron chi connectivity index (χ4n) is 11.7. The van der Waals surface area contributed by atoms with E-state index in [1.54, 1.807) is 43.5 Å². The van der Waals surface area contributed by atoms with Gasteiger partial charge < -0.3 is 20.4 Å². The van der Waals surface area contributed by atoms with Gasteiger partial charge in [-0.3, -0.25) is 0 Å². The summed E-state index contributed by atoms with van der Waals surface area (Å²) < 4.78 is 6.83. The Morgan fingerprint density at radius 1 is 0.323 bits per heavy atom. The normalized spacial score (nSPS) is 23.9. The van der Waals surface area contributed by atoms with Gasteiger partial charge >= 0.3 is 0 Å². The van der Waals surface area contributed by atoms with Crippen LogP contribution in [-0.2, 0) is 48.1 Å². The smallest absolute Gasteiger partial charge is 0.109 e. The molecule has 4 heterocycles. The first-order valence-corrected chi connectivity index (χ1v) is 20.8. The quantitative estimate of drug-likeness (QED) is 0.135. The Balaban J connectivity index is 1.07. The SMILES string of the molecule is OCc1cn(-c2ccc(C34CC5(c6ccc(-n7cc(CO)nn7)cc6)CC(c6ccc(-n7cc(CO)nn7)cc6)(C3)CC(c3ccc(-n6cc(CO)nn6)cc3)(C4)C5)cc2)nn1. The molecule has 0 unspecified atom stereocenters. The topological polar surface area (TPSA) is 204 Å². The van der Waals surface area contributed by atoms with E-state index in [2.05, 4.69) is 138 Å². The molecule has 8 aromatic rings. The Hall–Kier alpha value is -6.72. The molecule has 16 heteroatoms. The highest BCUT2D eigenvalue weighted by atomic mass is 16.3. The molecule has 312 valence electrons. The standard InChI is InChI=1S/C46H44N12O4/c59-21-35-17-55(51-47-35)39-9-1-31(2-10-39)43-25-44(32-3-11-40(12-4-32)56-18-36(22-60)48-52-56)28-45(26-43,33-5-13-41(14-6-33)57-19-37(23-61)49-53-57)30-46(27-43,29-44)34-7-15-42(16-8-34)58-20-38(24-62)50-54-58/h1-20,59-62H,21-30H2. The molecule has 0 aliphatic heterocycles. The van der Waals surface area contributed by atoms with Gasteiger partial charge in [-0.2, -0.15) is 0 Å². The predicted molar refractivity (Wildman–Crippen MR) is 224 cm³/mol. The van der Waals surface area contributed by atoms with Gasteiger partial charge in [-0.05, 0) is 131 Å². The van der Waals surface area contributed by atoms with Crippen molar-refractivity contribution in [2.24, 2.45) is 0 Å². The number of benzene rings is 4. The van der Waals surface area contributed by atoms with Crippen molar-refractivity contribution in [3.63, 3.8) is 0 Å². The molecule has 0 amide bonds. The average molecular weight is 829 g/mol. The zero-order valence-electron chi connectivity index (χ0n) is 33.8. The lowest BCUT2D eigenvalue weighted by atomic mass is 9.32. The summed E-state index contributed by atoms with van der Waals surface area (Å²) in [6.45, 7) is -0.706. The number of rotatable bonds is 12. The number of hydrogen-bond acceptors (Lipinski definition) is 12. The summed E-state index contributed by atoms with van der Waals surface area (Å²) >= 11 is 0.